The highest BCUT2D eigenvalue weighted by atomic mass is 16.3. The zero-order valence-electron chi connectivity index (χ0n) is 11.5. The first-order valence-corrected chi connectivity index (χ1v) is 6.63. The maximum Gasteiger partial charge on any atom is 0.233 e. The zero-order valence-corrected chi connectivity index (χ0v) is 11.5. The first kappa shape index (κ1) is 15.1. The van der Waals surface area contributed by atoms with Gasteiger partial charge in [0.05, 0.1) is 5.92 Å². The van der Waals surface area contributed by atoms with E-state index in [1.54, 1.807) is 0 Å². The number of nitrogens with zero attached hydrogens (tertiary/aromatic N) is 1. The van der Waals surface area contributed by atoms with Gasteiger partial charge >= 0.3 is 0 Å². The summed E-state index contributed by atoms with van der Waals surface area (Å²) in [4.78, 5) is 25.4. The highest BCUT2D eigenvalue weighted by Crippen LogP contribution is 2.41. The molecule has 0 bridgehead atoms. The van der Waals surface area contributed by atoms with Gasteiger partial charge in [0.25, 0.3) is 0 Å². The SMILES string of the molecule is CCC(C)(CC)C1CC(=O)N(CCC(N)O)C1=O. The van der Waals surface area contributed by atoms with Crippen LogP contribution in [0.4, 0.5) is 0 Å². The minimum atomic E-state index is -0.978. The van der Waals surface area contributed by atoms with Crippen LogP contribution in [0.2, 0.25) is 0 Å². The van der Waals surface area contributed by atoms with E-state index in [4.69, 9.17) is 10.8 Å². The van der Waals surface area contributed by atoms with E-state index < -0.39 is 6.23 Å². The Morgan fingerprint density at radius 2 is 2.00 bits per heavy atom. The summed E-state index contributed by atoms with van der Waals surface area (Å²) >= 11 is 0. The van der Waals surface area contributed by atoms with Crippen LogP contribution in [0.1, 0.15) is 46.5 Å². The van der Waals surface area contributed by atoms with E-state index in [9.17, 15) is 9.59 Å². The summed E-state index contributed by atoms with van der Waals surface area (Å²) in [5, 5.41) is 9.03. The number of rotatable bonds is 6. The van der Waals surface area contributed by atoms with Crippen molar-refractivity contribution < 1.29 is 14.7 Å². The summed E-state index contributed by atoms with van der Waals surface area (Å²) in [5.41, 5.74) is 5.12. The summed E-state index contributed by atoms with van der Waals surface area (Å²) in [6.45, 7) is 6.38. The molecule has 0 aromatic carbocycles. The third kappa shape index (κ3) is 2.90. The Bertz CT molecular complexity index is 324. The lowest BCUT2D eigenvalue weighted by molar-refractivity contribution is -0.141. The lowest BCUT2D eigenvalue weighted by Crippen LogP contribution is -2.38. The van der Waals surface area contributed by atoms with E-state index in [0.717, 1.165) is 12.8 Å². The van der Waals surface area contributed by atoms with Crippen molar-refractivity contribution >= 4 is 11.8 Å². The van der Waals surface area contributed by atoms with Gasteiger partial charge in [-0.15, -0.1) is 0 Å². The van der Waals surface area contributed by atoms with Gasteiger partial charge in [-0.3, -0.25) is 14.5 Å². The third-order valence-corrected chi connectivity index (χ3v) is 4.35. The molecule has 18 heavy (non-hydrogen) atoms. The van der Waals surface area contributed by atoms with Gasteiger partial charge in [-0.1, -0.05) is 20.8 Å². The zero-order chi connectivity index (χ0) is 13.9. The summed E-state index contributed by atoms with van der Waals surface area (Å²) < 4.78 is 0. The molecule has 0 aliphatic carbocycles. The average molecular weight is 256 g/mol. The van der Waals surface area contributed by atoms with E-state index in [1.807, 2.05) is 13.8 Å². The number of hydrogen-bond acceptors (Lipinski definition) is 4. The Kier molecular flexibility index (Phi) is 4.87. The van der Waals surface area contributed by atoms with Gasteiger partial charge in [0.2, 0.25) is 11.8 Å². The highest BCUT2D eigenvalue weighted by molar-refractivity contribution is 6.03. The monoisotopic (exact) mass is 256 g/mol. The van der Waals surface area contributed by atoms with E-state index in [-0.39, 0.29) is 42.5 Å². The van der Waals surface area contributed by atoms with Crippen molar-refractivity contribution in [2.24, 2.45) is 17.1 Å². The highest BCUT2D eigenvalue weighted by Gasteiger charge is 2.46. The number of nitrogens with two attached hydrogens (primary N) is 1. The molecule has 5 heteroatoms. The lowest BCUT2D eigenvalue weighted by Gasteiger charge is -2.31. The number of imide groups is 1. The van der Waals surface area contributed by atoms with Crippen molar-refractivity contribution in [1.29, 1.82) is 0 Å². The Morgan fingerprint density at radius 3 is 2.44 bits per heavy atom. The molecule has 2 amide bonds. The van der Waals surface area contributed by atoms with E-state index in [1.165, 1.54) is 4.90 Å². The van der Waals surface area contributed by atoms with Crippen LogP contribution in [-0.2, 0) is 9.59 Å². The summed E-state index contributed by atoms with van der Waals surface area (Å²) in [7, 11) is 0. The summed E-state index contributed by atoms with van der Waals surface area (Å²) in [6.07, 6.45) is 1.30. The molecule has 1 fully saturated rings. The fourth-order valence-corrected chi connectivity index (χ4v) is 2.47. The molecule has 0 saturated carbocycles. The standard InChI is InChI=1S/C13H24N2O3/c1-4-13(3,5-2)9-8-11(17)15(12(9)18)7-6-10(14)16/h9-10,16H,4-8,14H2,1-3H3. The predicted octanol–water partition coefficient (Wildman–Crippen LogP) is 0.855. The molecule has 1 aliphatic rings. The Hall–Kier alpha value is -0.940. The second kappa shape index (κ2) is 5.80. The van der Waals surface area contributed by atoms with Crippen LogP contribution < -0.4 is 5.73 Å². The topological polar surface area (TPSA) is 83.6 Å². The minimum absolute atomic E-state index is 0.105. The van der Waals surface area contributed by atoms with Gasteiger partial charge in [-0.25, -0.2) is 0 Å². The van der Waals surface area contributed by atoms with Crippen LogP contribution in [0.15, 0.2) is 0 Å². The molecule has 3 N–H and O–H groups in total. The molecular formula is C13H24N2O3. The van der Waals surface area contributed by atoms with Gasteiger partial charge in [-0.05, 0) is 18.3 Å². The number of aliphatic hydroxyl groups excluding tert-OH is 1. The van der Waals surface area contributed by atoms with Crippen LogP contribution in [0.5, 0.6) is 0 Å². The largest absolute Gasteiger partial charge is 0.379 e. The van der Waals surface area contributed by atoms with Gasteiger partial charge in [0.15, 0.2) is 0 Å². The molecule has 0 aromatic rings. The normalized spacial score (nSPS) is 22.7. The Labute approximate surface area is 108 Å². The Morgan fingerprint density at radius 1 is 1.44 bits per heavy atom. The number of hydrogen-bond donors (Lipinski definition) is 2. The number of likely N-dealkylation sites (tertiary alicyclic amines) is 1. The number of carbonyl (C=O) groups is 2. The van der Waals surface area contributed by atoms with Gasteiger partial charge < -0.3 is 10.8 Å². The number of aliphatic hydroxyl groups is 1. The molecule has 0 radical (unpaired) electrons. The van der Waals surface area contributed by atoms with Crippen LogP contribution >= 0.6 is 0 Å². The lowest BCUT2D eigenvalue weighted by atomic mass is 9.72. The molecule has 104 valence electrons. The molecule has 1 rings (SSSR count). The van der Waals surface area contributed by atoms with Crippen LogP contribution in [0, 0.1) is 11.3 Å². The molecule has 5 nitrogen and oxygen atoms in total. The smallest absolute Gasteiger partial charge is 0.233 e. The average Bonchev–Trinajstić information content (AvgIpc) is 2.62. The quantitative estimate of drug-likeness (QED) is 0.545. The van der Waals surface area contributed by atoms with Crippen LogP contribution in [-0.4, -0.2) is 34.6 Å². The van der Waals surface area contributed by atoms with E-state index >= 15 is 0 Å². The fraction of sp³-hybridized carbons (Fsp3) is 0.846. The number of amides is 2. The second-order valence-electron chi connectivity index (χ2n) is 5.36. The van der Waals surface area contributed by atoms with Gasteiger partial charge in [-0.2, -0.15) is 0 Å². The fourth-order valence-electron chi connectivity index (χ4n) is 2.47. The third-order valence-electron chi connectivity index (χ3n) is 4.35. The minimum Gasteiger partial charge on any atom is -0.379 e. The molecule has 0 aromatic heterocycles. The van der Waals surface area contributed by atoms with Gasteiger partial charge in [0.1, 0.15) is 6.23 Å². The first-order valence-electron chi connectivity index (χ1n) is 6.63. The van der Waals surface area contributed by atoms with Crippen LogP contribution in [0.3, 0.4) is 0 Å². The van der Waals surface area contributed by atoms with E-state index in [2.05, 4.69) is 6.92 Å². The molecular weight excluding hydrogens is 232 g/mol. The molecule has 1 aliphatic heterocycles. The second-order valence-corrected chi connectivity index (χ2v) is 5.36. The Balaban J connectivity index is 2.77. The first-order chi connectivity index (χ1) is 8.35. The van der Waals surface area contributed by atoms with Crippen molar-refractivity contribution in [3.63, 3.8) is 0 Å². The molecule has 1 heterocycles. The van der Waals surface area contributed by atoms with E-state index in [0.29, 0.717) is 0 Å². The molecule has 2 atom stereocenters. The molecule has 1 saturated heterocycles. The molecule has 2 unspecified atom stereocenters. The predicted molar refractivity (Wildman–Crippen MR) is 68.3 cm³/mol. The van der Waals surface area contributed by atoms with Gasteiger partial charge in [0, 0.05) is 19.4 Å². The number of carbonyl (C=O) groups excluding carboxylic acids is 2. The summed E-state index contributed by atoms with van der Waals surface area (Å²) in [6, 6.07) is 0. The van der Waals surface area contributed by atoms with Crippen molar-refractivity contribution in [3.05, 3.63) is 0 Å². The maximum absolute atomic E-state index is 12.3. The van der Waals surface area contributed by atoms with Crippen molar-refractivity contribution in [3.8, 4) is 0 Å². The van der Waals surface area contributed by atoms with Crippen molar-refractivity contribution in [2.45, 2.75) is 52.7 Å². The van der Waals surface area contributed by atoms with Crippen molar-refractivity contribution in [1.82, 2.24) is 4.90 Å². The summed E-state index contributed by atoms with van der Waals surface area (Å²) in [5.74, 6) is -0.472. The molecule has 0 spiro atoms. The van der Waals surface area contributed by atoms with Crippen LogP contribution in [0.25, 0.3) is 0 Å². The van der Waals surface area contributed by atoms with Crippen molar-refractivity contribution in [2.75, 3.05) is 6.54 Å². The maximum atomic E-state index is 12.3.